The average molecular weight is 287 g/mol. The van der Waals surface area contributed by atoms with Gasteiger partial charge in [0, 0.05) is 17.2 Å². The van der Waals surface area contributed by atoms with Crippen molar-refractivity contribution in [3.8, 4) is 0 Å². The summed E-state index contributed by atoms with van der Waals surface area (Å²) in [6, 6.07) is 4.65. The zero-order chi connectivity index (χ0) is 14.3. The first-order valence-electron chi connectivity index (χ1n) is 6.43. The molecule has 1 aromatic carbocycles. The molecule has 0 heterocycles. The standard InChI is InChI=1S/C14H22FNO2S/c1-10(2)6-16-7-11-5-12(15)3-4-14(11)19-9-13(18)8-17/h3-5,10,13,16-18H,6-9H2,1-2H3. The highest BCUT2D eigenvalue weighted by Crippen LogP contribution is 2.24. The van der Waals surface area contributed by atoms with Gasteiger partial charge < -0.3 is 15.5 Å². The second kappa shape index (κ2) is 8.53. The smallest absolute Gasteiger partial charge is 0.123 e. The Bertz CT molecular complexity index is 388. The largest absolute Gasteiger partial charge is 0.394 e. The minimum atomic E-state index is -0.744. The Morgan fingerprint density at radius 3 is 2.74 bits per heavy atom. The van der Waals surface area contributed by atoms with Gasteiger partial charge in [-0.2, -0.15) is 0 Å². The number of hydrogen-bond donors (Lipinski definition) is 3. The lowest BCUT2D eigenvalue weighted by atomic mass is 10.2. The zero-order valence-corrected chi connectivity index (χ0v) is 12.2. The van der Waals surface area contributed by atoms with Gasteiger partial charge >= 0.3 is 0 Å². The Kier molecular flexibility index (Phi) is 7.38. The molecule has 3 nitrogen and oxygen atoms in total. The van der Waals surface area contributed by atoms with Crippen molar-refractivity contribution in [2.75, 3.05) is 18.9 Å². The van der Waals surface area contributed by atoms with E-state index in [1.807, 2.05) is 0 Å². The molecular weight excluding hydrogens is 265 g/mol. The Labute approximate surface area is 118 Å². The van der Waals surface area contributed by atoms with E-state index in [4.69, 9.17) is 5.11 Å². The summed E-state index contributed by atoms with van der Waals surface area (Å²) >= 11 is 1.43. The van der Waals surface area contributed by atoms with Crippen LogP contribution in [0.15, 0.2) is 23.1 Å². The predicted molar refractivity (Wildman–Crippen MR) is 76.8 cm³/mol. The van der Waals surface area contributed by atoms with Crippen LogP contribution in [0.3, 0.4) is 0 Å². The van der Waals surface area contributed by atoms with Gasteiger partial charge in [0.15, 0.2) is 0 Å². The fourth-order valence-corrected chi connectivity index (χ4v) is 2.52. The van der Waals surface area contributed by atoms with Gasteiger partial charge in [0.2, 0.25) is 0 Å². The lowest BCUT2D eigenvalue weighted by Gasteiger charge is -2.13. The second-order valence-electron chi connectivity index (χ2n) is 4.92. The lowest BCUT2D eigenvalue weighted by molar-refractivity contribution is 0.113. The summed E-state index contributed by atoms with van der Waals surface area (Å²) in [6.07, 6.45) is -0.744. The van der Waals surface area contributed by atoms with Crippen molar-refractivity contribution >= 4 is 11.8 Å². The highest BCUT2D eigenvalue weighted by molar-refractivity contribution is 7.99. The van der Waals surface area contributed by atoms with E-state index in [0.717, 1.165) is 17.0 Å². The summed E-state index contributed by atoms with van der Waals surface area (Å²) in [7, 11) is 0. The van der Waals surface area contributed by atoms with E-state index in [0.29, 0.717) is 18.2 Å². The van der Waals surface area contributed by atoms with Crippen molar-refractivity contribution in [2.45, 2.75) is 31.4 Å². The summed E-state index contributed by atoms with van der Waals surface area (Å²) < 4.78 is 13.3. The molecule has 0 aromatic heterocycles. The number of nitrogens with one attached hydrogen (secondary N) is 1. The molecule has 0 radical (unpaired) electrons. The van der Waals surface area contributed by atoms with Crippen LogP contribution in [-0.2, 0) is 6.54 Å². The first kappa shape index (κ1) is 16.4. The molecule has 1 unspecified atom stereocenters. The molecule has 0 fully saturated rings. The van der Waals surface area contributed by atoms with Crippen LogP contribution in [0.1, 0.15) is 19.4 Å². The summed E-state index contributed by atoms with van der Waals surface area (Å²) in [4.78, 5) is 0.935. The van der Waals surface area contributed by atoms with Crippen molar-refractivity contribution in [1.29, 1.82) is 0 Å². The summed E-state index contributed by atoms with van der Waals surface area (Å²) in [5.74, 6) is 0.688. The molecule has 5 heteroatoms. The Balaban J connectivity index is 2.63. The SMILES string of the molecule is CC(C)CNCc1cc(F)ccc1SCC(O)CO. The first-order valence-corrected chi connectivity index (χ1v) is 7.42. The molecule has 1 aromatic rings. The van der Waals surface area contributed by atoms with E-state index in [9.17, 15) is 9.50 Å². The molecule has 0 amide bonds. The number of aliphatic hydroxyl groups excluding tert-OH is 2. The van der Waals surface area contributed by atoms with Gasteiger partial charge in [0.1, 0.15) is 5.82 Å². The van der Waals surface area contributed by atoms with Gasteiger partial charge in [-0.25, -0.2) is 4.39 Å². The van der Waals surface area contributed by atoms with E-state index in [2.05, 4.69) is 19.2 Å². The van der Waals surface area contributed by atoms with Crippen LogP contribution in [0.5, 0.6) is 0 Å². The van der Waals surface area contributed by atoms with Crippen molar-refractivity contribution in [1.82, 2.24) is 5.32 Å². The van der Waals surface area contributed by atoms with Gasteiger partial charge in [-0.05, 0) is 36.2 Å². The third kappa shape index (κ3) is 6.38. The van der Waals surface area contributed by atoms with Gasteiger partial charge in [0.25, 0.3) is 0 Å². The topological polar surface area (TPSA) is 52.5 Å². The van der Waals surface area contributed by atoms with Crippen LogP contribution < -0.4 is 5.32 Å². The van der Waals surface area contributed by atoms with E-state index in [1.54, 1.807) is 6.07 Å². The number of thioether (sulfide) groups is 1. The number of benzene rings is 1. The van der Waals surface area contributed by atoms with Crippen molar-refractivity contribution in [2.24, 2.45) is 5.92 Å². The number of aliphatic hydroxyl groups is 2. The number of hydrogen-bond acceptors (Lipinski definition) is 4. The second-order valence-corrected chi connectivity index (χ2v) is 5.99. The average Bonchev–Trinajstić information content (AvgIpc) is 2.37. The van der Waals surface area contributed by atoms with Gasteiger partial charge in [0.05, 0.1) is 12.7 Å². The van der Waals surface area contributed by atoms with Crippen LogP contribution in [0.25, 0.3) is 0 Å². The molecule has 1 rings (SSSR count). The molecule has 108 valence electrons. The maximum absolute atomic E-state index is 13.3. The number of rotatable bonds is 8. The highest BCUT2D eigenvalue weighted by Gasteiger charge is 2.08. The molecule has 3 N–H and O–H groups in total. The molecule has 1 atom stereocenters. The molecule has 0 aliphatic rings. The molecule has 0 aliphatic heterocycles. The Morgan fingerprint density at radius 1 is 1.37 bits per heavy atom. The van der Waals surface area contributed by atoms with Crippen molar-refractivity contribution < 1.29 is 14.6 Å². The van der Waals surface area contributed by atoms with E-state index < -0.39 is 6.10 Å². The Hall–Kier alpha value is -0.620. The predicted octanol–water partition coefficient (Wildman–Crippen LogP) is 2.02. The molecule has 0 aliphatic carbocycles. The summed E-state index contributed by atoms with van der Waals surface area (Å²) in [6.45, 7) is 5.46. The van der Waals surface area contributed by atoms with E-state index in [-0.39, 0.29) is 12.4 Å². The molecule has 0 bridgehead atoms. The van der Waals surface area contributed by atoms with Gasteiger partial charge in [-0.15, -0.1) is 11.8 Å². The fraction of sp³-hybridized carbons (Fsp3) is 0.571. The molecule has 0 saturated carbocycles. The quantitative estimate of drug-likeness (QED) is 0.640. The normalized spacial score (nSPS) is 12.9. The van der Waals surface area contributed by atoms with Crippen molar-refractivity contribution in [3.63, 3.8) is 0 Å². The van der Waals surface area contributed by atoms with Crippen LogP contribution in [0.2, 0.25) is 0 Å². The first-order chi connectivity index (χ1) is 9.02. The minimum absolute atomic E-state index is 0.255. The molecular formula is C14H22FNO2S. The third-order valence-corrected chi connectivity index (χ3v) is 3.79. The van der Waals surface area contributed by atoms with Crippen LogP contribution in [-0.4, -0.2) is 35.2 Å². The van der Waals surface area contributed by atoms with E-state index >= 15 is 0 Å². The van der Waals surface area contributed by atoms with Gasteiger partial charge in [-0.3, -0.25) is 0 Å². The van der Waals surface area contributed by atoms with Crippen LogP contribution in [0.4, 0.5) is 4.39 Å². The van der Waals surface area contributed by atoms with Crippen LogP contribution >= 0.6 is 11.8 Å². The zero-order valence-electron chi connectivity index (χ0n) is 11.4. The van der Waals surface area contributed by atoms with E-state index in [1.165, 1.54) is 23.9 Å². The maximum atomic E-state index is 13.3. The van der Waals surface area contributed by atoms with Crippen LogP contribution in [0, 0.1) is 11.7 Å². The highest BCUT2D eigenvalue weighted by atomic mass is 32.2. The summed E-state index contributed by atoms with van der Waals surface area (Å²) in [5.41, 5.74) is 0.885. The molecule has 19 heavy (non-hydrogen) atoms. The monoisotopic (exact) mass is 287 g/mol. The fourth-order valence-electron chi connectivity index (χ4n) is 1.56. The van der Waals surface area contributed by atoms with Gasteiger partial charge in [-0.1, -0.05) is 13.8 Å². The lowest BCUT2D eigenvalue weighted by Crippen LogP contribution is -2.20. The number of halogens is 1. The Morgan fingerprint density at radius 2 is 2.11 bits per heavy atom. The minimum Gasteiger partial charge on any atom is -0.394 e. The van der Waals surface area contributed by atoms with Crippen molar-refractivity contribution in [3.05, 3.63) is 29.6 Å². The third-order valence-electron chi connectivity index (χ3n) is 2.53. The molecule has 0 saturated heterocycles. The maximum Gasteiger partial charge on any atom is 0.123 e. The summed E-state index contributed by atoms with van der Waals surface area (Å²) in [5, 5.41) is 21.4. The molecule has 0 spiro atoms.